The van der Waals surface area contributed by atoms with Crippen LogP contribution in [0.3, 0.4) is 0 Å². The second-order valence-corrected chi connectivity index (χ2v) is 13.5. The van der Waals surface area contributed by atoms with E-state index in [9.17, 15) is 9.35 Å². The normalized spacial score (nSPS) is 14.8. The zero-order chi connectivity index (χ0) is 33.7. The molecule has 1 N–H and O–H groups in total. The first-order valence-corrected chi connectivity index (χ1v) is 18.5. The van der Waals surface area contributed by atoms with Crippen molar-refractivity contribution in [3.63, 3.8) is 0 Å². The molecule has 0 unspecified atom stereocenters. The molecule has 8 nitrogen and oxygen atoms in total. The Labute approximate surface area is 288 Å². The van der Waals surface area contributed by atoms with Crippen molar-refractivity contribution in [2.75, 3.05) is 43.1 Å². The van der Waals surface area contributed by atoms with Crippen LogP contribution in [-0.4, -0.2) is 52.9 Å². The van der Waals surface area contributed by atoms with Gasteiger partial charge in [0.25, 0.3) is 5.91 Å². The highest BCUT2D eigenvalue weighted by Crippen LogP contribution is 2.33. The maximum Gasteiger partial charge on any atom is 0.251 e. The average molecular weight is 669 g/mol. The number of aryl methyl sites for hydroxylation is 1. The summed E-state index contributed by atoms with van der Waals surface area (Å²) in [4.78, 5) is 21.0. The SMILES string of the molecule is CCCOCCOc1ccc(-c2ccc3c(c2)/C=C(/C(=O)Nc2ccc([S@@+]([O-])Cc4cncn4CCC)cc2)CCCN3CCC)cc1. The van der Waals surface area contributed by atoms with Crippen LogP contribution in [0.15, 0.2) is 89.7 Å². The molecule has 1 aliphatic heterocycles. The van der Waals surface area contributed by atoms with Gasteiger partial charge in [0.1, 0.15) is 12.4 Å². The number of aromatic nitrogens is 2. The molecule has 0 bridgehead atoms. The van der Waals surface area contributed by atoms with E-state index in [4.69, 9.17) is 9.47 Å². The molecule has 0 spiro atoms. The van der Waals surface area contributed by atoms with Crippen LogP contribution in [-0.2, 0) is 33.0 Å². The Balaban J connectivity index is 1.30. The molecule has 2 heterocycles. The number of hydrogen-bond donors (Lipinski definition) is 1. The molecule has 0 fully saturated rings. The summed E-state index contributed by atoms with van der Waals surface area (Å²) in [7, 11) is 0. The monoisotopic (exact) mass is 668 g/mol. The van der Waals surface area contributed by atoms with E-state index in [1.54, 1.807) is 12.5 Å². The topological polar surface area (TPSA) is 91.7 Å². The standard InChI is InChI=1S/C39H48N4O4S/c1-4-19-42-21-7-8-32(39(44)41-34-12-16-37(17-13-34)48(45)28-35-27-40-29-43(35)20-5-2)26-33-25-31(11-18-38(33)42)30-9-14-36(15-10-30)47-24-23-46-22-6-3/h9-18,25-27,29H,4-8,19-24,28H2,1-3H3,(H,41,44)/b32-26+/t48-/m0/s1. The number of hydrogen-bond acceptors (Lipinski definition) is 6. The Morgan fingerprint density at radius 1 is 0.917 bits per heavy atom. The number of amides is 1. The Morgan fingerprint density at radius 2 is 1.69 bits per heavy atom. The summed E-state index contributed by atoms with van der Waals surface area (Å²) in [6.45, 7) is 11.0. The molecule has 9 heteroatoms. The number of fused-ring (bicyclic) bond motifs is 1. The molecule has 0 saturated heterocycles. The van der Waals surface area contributed by atoms with Crippen LogP contribution in [0.2, 0.25) is 0 Å². The van der Waals surface area contributed by atoms with Crippen LogP contribution >= 0.6 is 0 Å². The first-order chi connectivity index (χ1) is 23.5. The molecule has 48 heavy (non-hydrogen) atoms. The summed E-state index contributed by atoms with van der Waals surface area (Å²) in [6.07, 6.45) is 10.2. The van der Waals surface area contributed by atoms with Crippen LogP contribution in [0.5, 0.6) is 5.75 Å². The summed E-state index contributed by atoms with van der Waals surface area (Å²) in [5.74, 6) is 1.11. The Morgan fingerprint density at radius 3 is 2.44 bits per heavy atom. The molecule has 1 aliphatic rings. The second kappa shape index (κ2) is 17.9. The van der Waals surface area contributed by atoms with E-state index in [1.165, 1.54) is 0 Å². The summed E-state index contributed by atoms with van der Waals surface area (Å²) in [5.41, 5.74) is 6.73. The lowest BCUT2D eigenvalue weighted by Crippen LogP contribution is -2.28. The van der Waals surface area contributed by atoms with Crippen molar-refractivity contribution in [3.05, 3.63) is 96.1 Å². The van der Waals surface area contributed by atoms with Crippen LogP contribution in [0.1, 0.15) is 64.1 Å². The molecule has 1 atom stereocenters. The third kappa shape index (κ3) is 9.52. The number of benzene rings is 3. The number of carbonyl (C=O) groups excluding carboxylic acids is 1. The number of imidazole rings is 1. The summed E-state index contributed by atoms with van der Waals surface area (Å²) < 4.78 is 26.5. The molecular formula is C39H48N4O4S. The van der Waals surface area contributed by atoms with Crippen LogP contribution in [0.25, 0.3) is 17.2 Å². The quantitative estimate of drug-likeness (QED) is 0.0959. The molecule has 1 amide bonds. The van der Waals surface area contributed by atoms with Crippen molar-refractivity contribution in [3.8, 4) is 16.9 Å². The van der Waals surface area contributed by atoms with Gasteiger partial charge in [0.05, 0.1) is 24.8 Å². The van der Waals surface area contributed by atoms with E-state index < -0.39 is 11.2 Å². The molecule has 0 saturated carbocycles. The minimum Gasteiger partial charge on any atom is -0.611 e. The van der Waals surface area contributed by atoms with Crippen molar-refractivity contribution in [1.29, 1.82) is 0 Å². The van der Waals surface area contributed by atoms with Gasteiger partial charge in [-0.2, -0.15) is 0 Å². The second-order valence-electron chi connectivity index (χ2n) is 12.1. The molecular weight excluding hydrogens is 621 g/mol. The fourth-order valence-corrected chi connectivity index (χ4v) is 7.01. The number of ether oxygens (including phenoxy) is 2. The zero-order valence-electron chi connectivity index (χ0n) is 28.5. The zero-order valence-corrected chi connectivity index (χ0v) is 29.3. The van der Waals surface area contributed by atoms with Crippen molar-refractivity contribution >= 4 is 34.5 Å². The molecule has 0 aliphatic carbocycles. The van der Waals surface area contributed by atoms with Gasteiger partial charge in [-0.3, -0.25) is 4.79 Å². The maximum atomic E-state index is 13.6. The molecule has 1 aromatic heterocycles. The van der Waals surface area contributed by atoms with Crippen molar-refractivity contribution < 1.29 is 18.8 Å². The Kier molecular flexibility index (Phi) is 13.2. The third-order valence-electron chi connectivity index (χ3n) is 8.31. The number of rotatable bonds is 16. The summed E-state index contributed by atoms with van der Waals surface area (Å²) in [5, 5.41) is 3.09. The van der Waals surface area contributed by atoms with Gasteiger partial charge in [-0.05, 0) is 115 Å². The van der Waals surface area contributed by atoms with Crippen LogP contribution in [0.4, 0.5) is 11.4 Å². The average Bonchev–Trinajstić information content (AvgIpc) is 3.53. The smallest absolute Gasteiger partial charge is 0.251 e. The summed E-state index contributed by atoms with van der Waals surface area (Å²) in [6, 6.07) is 22.0. The lowest BCUT2D eigenvalue weighted by molar-refractivity contribution is -0.112. The van der Waals surface area contributed by atoms with Crippen molar-refractivity contribution in [1.82, 2.24) is 9.55 Å². The summed E-state index contributed by atoms with van der Waals surface area (Å²) >= 11 is -1.21. The minimum atomic E-state index is -1.21. The minimum absolute atomic E-state index is 0.114. The van der Waals surface area contributed by atoms with Gasteiger partial charge in [0, 0.05) is 43.2 Å². The Bertz CT molecular complexity index is 1630. The predicted octanol–water partition coefficient (Wildman–Crippen LogP) is 8.11. The highest BCUT2D eigenvalue weighted by molar-refractivity contribution is 7.90. The van der Waals surface area contributed by atoms with E-state index in [-0.39, 0.29) is 5.91 Å². The van der Waals surface area contributed by atoms with E-state index in [0.717, 1.165) is 96.2 Å². The van der Waals surface area contributed by atoms with Gasteiger partial charge in [-0.25, -0.2) is 4.98 Å². The lowest BCUT2D eigenvalue weighted by atomic mass is 9.96. The van der Waals surface area contributed by atoms with Gasteiger partial charge in [0.2, 0.25) is 0 Å². The van der Waals surface area contributed by atoms with Gasteiger partial charge in [-0.1, -0.05) is 39.0 Å². The first-order valence-electron chi connectivity index (χ1n) is 17.2. The molecule has 3 aromatic carbocycles. The number of nitrogens with one attached hydrogen (secondary N) is 1. The van der Waals surface area contributed by atoms with E-state index >= 15 is 0 Å². The van der Waals surface area contributed by atoms with Crippen LogP contribution < -0.4 is 15.0 Å². The van der Waals surface area contributed by atoms with E-state index in [1.807, 2.05) is 42.5 Å². The molecule has 254 valence electrons. The fourth-order valence-electron chi connectivity index (χ4n) is 5.90. The first kappa shape index (κ1) is 35.3. The van der Waals surface area contributed by atoms with Gasteiger partial charge in [-0.15, -0.1) is 0 Å². The van der Waals surface area contributed by atoms with Gasteiger partial charge < -0.3 is 28.8 Å². The van der Waals surface area contributed by atoms with E-state index in [0.29, 0.717) is 31.1 Å². The highest BCUT2D eigenvalue weighted by atomic mass is 32.2. The highest BCUT2D eigenvalue weighted by Gasteiger charge is 2.20. The number of nitrogens with zero attached hydrogens (tertiary/aromatic N) is 3. The van der Waals surface area contributed by atoms with E-state index in [2.05, 4.69) is 70.9 Å². The molecule has 0 radical (unpaired) electrons. The fraction of sp³-hybridized carbons (Fsp3) is 0.385. The van der Waals surface area contributed by atoms with Crippen LogP contribution in [0, 0.1) is 0 Å². The van der Waals surface area contributed by atoms with Gasteiger partial charge >= 0.3 is 0 Å². The lowest BCUT2D eigenvalue weighted by Gasteiger charge is -2.29. The maximum absolute atomic E-state index is 13.6. The van der Waals surface area contributed by atoms with Crippen molar-refractivity contribution in [2.45, 2.75) is 70.1 Å². The number of carbonyl (C=O) groups is 1. The van der Waals surface area contributed by atoms with Gasteiger partial charge in [0.15, 0.2) is 10.6 Å². The third-order valence-corrected chi connectivity index (χ3v) is 9.66. The largest absolute Gasteiger partial charge is 0.611 e. The Hall–Kier alpha value is -4.05. The predicted molar refractivity (Wildman–Crippen MR) is 196 cm³/mol. The molecule has 5 rings (SSSR count). The molecule has 4 aromatic rings. The number of anilines is 2. The van der Waals surface area contributed by atoms with Crippen molar-refractivity contribution in [2.24, 2.45) is 0 Å².